The molecule has 6 rings (SSSR count). The van der Waals surface area contributed by atoms with Crippen LogP contribution in [0.3, 0.4) is 0 Å². The summed E-state index contributed by atoms with van der Waals surface area (Å²) in [6.45, 7) is 0. The van der Waals surface area contributed by atoms with Crippen LogP contribution in [0.5, 0.6) is 0 Å². The molecule has 0 atom stereocenters. The molecule has 0 radical (unpaired) electrons. The molecule has 5 aromatic rings. The highest BCUT2D eigenvalue weighted by Crippen LogP contribution is 2.40. The van der Waals surface area contributed by atoms with E-state index in [2.05, 4.69) is 5.32 Å². The van der Waals surface area contributed by atoms with Gasteiger partial charge in [-0.1, -0.05) is 53.5 Å². The summed E-state index contributed by atoms with van der Waals surface area (Å²) in [5.74, 6) is -0.650. The van der Waals surface area contributed by atoms with Crippen molar-refractivity contribution in [3.05, 3.63) is 106 Å². The number of hydrogen-bond acceptors (Lipinski definition) is 4. The van der Waals surface area contributed by atoms with Gasteiger partial charge in [-0.3, -0.25) is 9.59 Å². The molecule has 4 aromatic carbocycles. The van der Waals surface area contributed by atoms with Crippen LogP contribution in [0.1, 0.15) is 20.7 Å². The van der Waals surface area contributed by atoms with Gasteiger partial charge in [-0.25, -0.2) is 9.88 Å². The third-order valence-electron chi connectivity index (χ3n) is 5.92. The maximum atomic E-state index is 12.8. The smallest absolute Gasteiger partial charge is 0.266 e. The summed E-state index contributed by atoms with van der Waals surface area (Å²) < 4.78 is 0. The monoisotopic (exact) mass is 483 g/mol. The van der Waals surface area contributed by atoms with Crippen molar-refractivity contribution >= 4 is 73.9 Å². The van der Waals surface area contributed by atoms with E-state index < -0.39 is 0 Å². The van der Waals surface area contributed by atoms with Gasteiger partial charge < -0.3 is 5.32 Å². The molecule has 164 valence electrons. The summed E-state index contributed by atoms with van der Waals surface area (Å²) in [5.41, 5.74) is 4.26. The highest BCUT2D eigenvalue weighted by Gasteiger charge is 2.36. The first-order valence-electron chi connectivity index (χ1n) is 10.5. The second-order valence-electron chi connectivity index (χ2n) is 7.92. The van der Waals surface area contributed by atoms with Crippen LogP contribution >= 0.6 is 23.2 Å². The predicted octanol–water partition coefficient (Wildman–Crippen LogP) is 7.24. The number of amides is 2. The molecule has 2 amide bonds. The van der Waals surface area contributed by atoms with Gasteiger partial charge in [0.2, 0.25) is 0 Å². The molecule has 0 saturated carbocycles. The molecule has 1 aromatic heterocycles. The molecule has 0 saturated heterocycles. The summed E-state index contributed by atoms with van der Waals surface area (Å²) in [7, 11) is 0. The van der Waals surface area contributed by atoms with Crippen LogP contribution in [-0.4, -0.2) is 16.8 Å². The number of carbonyl (C=O) groups is 2. The number of rotatable bonds is 3. The van der Waals surface area contributed by atoms with Gasteiger partial charge in [-0.05, 0) is 54.6 Å². The van der Waals surface area contributed by atoms with Crippen LogP contribution in [0, 0.1) is 0 Å². The standard InChI is InChI=1S/C27H15Cl2N3O2/c28-20-13-14-21(29)25-23(20)24(19-7-3-4-8-22(19)31-25)30-15-9-11-16(12-10-15)32-26(33)17-5-1-2-6-18(17)27(32)34/h1-14H,(H,30,31). The van der Waals surface area contributed by atoms with Gasteiger partial charge in [0.15, 0.2) is 0 Å². The first-order chi connectivity index (χ1) is 16.5. The van der Waals surface area contributed by atoms with Crippen molar-refractivity contribution in [3.8, 4) is 0 Å². The summed E-state index contributed by atoms with van der Waals surface area (Å²) >= 11 is 13.0. The molecule has 0 spiro atoms. The lowest BCUT2D eigenvalue weighted by atomic mass is 10.1. The highest BCUT2D eigenvalue weighted by atomic mass is 35.5. The van der Waals surface area contributed by atoms with Gasteiger partial charge >= 0.3 is 0 Å². The average molecular weight is 484 g/mol. The predicted molar refractivity (Wildman–Crippen MR) is 137 cm³/mol. The molecule has 1 aliphatic heterocycles. The Kier molecular flexibility index (Phi) is 4.76. The van der Waals surface area contributed by atoms with E-state index in [1.54, 1.807) is 48.5 Å². The molecule has 0 aliphatic carbocycles. The zero-order valence-corrected chi connectivity index (χ0v) is 19.1. The van der Waals surface area contributed by atoms with E-state index >= 15 is 0 Å². The van der Waals surface area contributed by atoms with Gasteiger partial charge in [0, 0.05) is 16.5 Å². The van der Waals surface area contributed by atoms with Crippen molar-refractivity contribution in [1.82, 2.24) is 4.98 Å². The van der Waals surface area contributed by atoms with Crippen LogP contribution in [0.25, 0.3) is 21.8 Å². The molecular weight excluding hydrogens is 469 g/mol. The Morgan fingerprint density at radius 3 is 2.03 bits per heavy atom. The first-order valence-corrected chi connectivity index (χ1v) is 11.3. The number of nitrogens with zero attached hydrogens (tertiary/aromatic N) is 2. The van der Waals surface area contributed by atoms with Crippen LogP contribution in [0.15, 0.2) is 84.9 Å². The van der Waals surface area contributed by atoms with Gasteiger partial charge in [0.05, 0.1) is 43.6 Å². The fourth-order valence-electron chi connectivity index (χ4n) is 4.32. The number of hydrogen-bond donors (Lipinski definition) is 1. The summed E-state index contributed by atoms with van der Waals surface area (Å²) in [4.78, 5) is 31.5. The Morgan fingerprint density at radius 2 is 1.32 bits per heavy atom. The molecule has 7 heteroatoms. The van der Waals surface area contributed by atoms with E-state index in [1.165, 1.54) is 4.90 Å². The number of para-hydroxylation sites is 1. The van der Waals surface area contributed by atoms with Crippen LogP contribution in [-0.2, 0) is 0 Å². The number of fused-ring (bicyclic) bond motifs is 3. The van der Waals surface area contributed by atoms with Crippen molar-refractivity contribution in [1.29, 1.82) is 0 Å². The Balaban J connectivity index is 1.42. The van der Waals surface area contributed by atoms with Crippen LogP contribution in [0.4, 0.5) is 17.1 Å². The van der Waals surface area contributed by atoms with Gasteiger partial charge in [0.1, 0.15) is 0 Å². The second-order valence-corrected chi connectivity index (χ2v) is 8.73. The number of benzene rings is 4. The topological polar surface area (TPSA) is 62.3 Å². The molecule has 1 aliphatic rings. The lowest BCUT2D eigenvalue weighted by Gasteiger charge is -2.17. The lowest BCUT2D eigenvalue weighted by Crippen LogP contribution is -2.29. The number of aromatic nitrogens is 1. The van der Waals surface area contributed by atoms with Gasteiger partial charge in [-0.15, -0.1) is 0 Å². The quantitative estimate of drug-likeness (QED) is 0.217. The van der Waals surface area contributed by atoms with Crippen LogP contribution < -0.4 is 10.2 Å². The molecular formula is C27H15Cl2N3O2. The number of halogens is 2. The summed E-state index contributed by atoms with van der Waals surface area (Å²) in [5, 5.41) is 6.09. The Morgan fingerprint density at radius 1 is 0.706 bits per heavy atom. The van der Waals surface area contributed by atoms with Crippen molar-refractivity contribution in [2.24, 2.45) is 0 Å². The van der Waals surface area contributed by atoms with E-state index in [-0.39, 0.29) is 11.8 Å². The normalized spacial score (nSPS) is 13.1. The second kappa shape index (κ2) is 7.83. The minimum atomic E-state index is -0.325. The van der Waals surface area contributed by atoms with Crippen LogP contribution in [0.2, 0.25) is 10.0 Å². The zero-order valence-electron chi connectivity index (χ0n) is 17.5. The van der Waals surface area contributed by atoms with Crippen molar-refractivity contribution < 1.29 is 9.59 Å². The number of pyridine rings is 1. The summed E-state index contributed by atoms with van der Waals surface area (Å²) in [6, 6.07) is 25.2. The Labute approximate surface area is 204 Å². The number of carbonyl (C=O) groups excluding carboxylic acids is 2. The van der Waals surface area contributed by atoms with Crippen molar-refractivity contribution in [3.63, 3.8) is 0 Å². The molecule has 34 heavy (non-hydrogen) atoms. The number of anilines is 3. The van der Waals surface area contributed by atoms with E-state index in [9.17, 15) is 9.59 Å². The largest absolute Gasteiger partial charge is 0.354 e. The number of imide groups is 1. The van der Waals surface area contributed by atoms with Gasteiger partial charge in [-0.2, -0.15) is 0 Å². The molecule has 0 bridgehead atoms. The number of nitrogens with one attached hydrogen (secondary N) is 1. The minimum absolute atomic E-state index is 0.325. The maximum absolute atomic E-state index is 12.8. The third kappa shape index (κ3) is 3.13. The minimum Gasteiger partial charge on any atom is -0.354 e. The Hall–Kier alpha value is -3.93. The van der Waals surface area contributed by atoms with E-state index in [4.69, 9.17) is 28.2 Å². The van der Waals surface area contributed by atoms with Crippen molar-refractivity contribution in [2.75, 3.05) is 10.2 Å². The molecule has 1 N–H and O–H groups in total. The average Bonchev–Trinajstić information content (AvgIpc) is 3.12. The first kappa shape index (κ1) is 20.7. The fraction of sp³-hybridized carbons (Fsp3) is 0. The van der Waals surface area contributed by atoms with E-state index in [0.29, 0.717) is 32.4 Å². The lowest BCUT2D eigenvalue weighted by molar-refractivity contribution is 0.0926. The SMILES string of the molecule is O=C1c2ccccc2C(=O)N1c1ccc(Nc2c3ccccc3nc3c(Cl)ccc(Cl)c23)cc1. The summed E-state index contributed by atoms with van der Waals surface area (Å²) in [6.07, 6.45) is 0. The van der Waals surface area contributed by atoms with Crippen molar-refractivity contribution in [2.45, 2.75) is 0 Å². The highest BCUT2D eigenvalue weighted by molar-refractivity contribution is 6.41. The third-order valence-corrected chi connectivity index (χ3v) is 6.54. The van der Waals surface area contributed by atoms with Gasteiger partial charge in [0.25, 0.3) is 11.8 Å². The molecule has 0 unspecified atom stereocenters. The maximum Gasteiger partial charge on any atom is 0.266 e. The zero-order chi connectivity index (χ0) is 23.4. The Bertz CT molecular complexity index is 1610. The molecule has 5 nitrogen and oxygen atoms in total. The van der Waals surface area contributed by atoms with E-state index in [1.807, 2.05) is 36.4 Å². The van der Waals surface area contributed by atoms with E-state index in [0.717, 1.165) is 27.7 Å². The fourth-order valence-corrected chi connectivity index (χ4v) is 4.76. The molecule has 0 fully saturated rings. The molecule has 2 heterocycles.